The number of nitrogens with two attached hydrogens (primary N) is 1. The minimum absolute atomic E-state index is 0. The second kappa shape index (κ2) is 4.76. The zero-order valence-corrected chi connectivity index (χ0v) is 8.77. The summed E-state index contributed by atoms with van der Waals surface area (Å²) in [6.07, 6.45) is 2.25. The van der Waals surface area contributed by atoms with Crippen LogP contribution in [0.1, 0.15) is 24.3 Å². The van der Waals surface area contributed by atoms with Gasteiger partial charge in [-0.05, 0) is 48.9 Å². The Morgan fingerprint density at radius 2 is 2.07 bits per heavy atom. The van der Waals surface area contributed by atoms with Crippen molar-refractivity contribution in [2.45, 2.75) is 18.8 Å². The van der Waals surface area contributed by atoms with Crippen molar-refractivity contribution in [1.82, 2.24) is 0 Å². The van der Waals surface area contributed by atoms with Crippen molar-refractivity contribution in [3.63, 3.8) is 0 Å². The number of rotatable bonds is 2. The summed E-state index contributed by atoms with van der Waals surface area (Å²) >= 11 is 0. The Balaban J connectivity index is 0.000000980. The highest BCUT2D eigenvalue weighted by molar-refractivity contribution is 5.85. The summed E-state index contributed by atoms with van der Waals surface area (Å²) in [6.45, 7) is 0.770. The van der Waals surface area contributed by atoms with Crippen molar-refractivity contribution >= 4 is 12.4 Å². The average molecular weight is 216 g/mol. The smallest absolute Gasteiger partial charge is 0.123 e. The zero-order valence-electron chi connectivity index (χ0n) is 7.95. The molecule has 0 aliphatic heterocycles. The zero-order chi connectivity index (χ0) is 9.26. The predicted octanol–water partition coefficient (Wildman–Crippen LogP) is 2.70. The first kappa shape index (κ1) is 11.5. The molecule has 1 aromatic rings. The molecular formula is C11H15ClFN. The minimum atomic E-state index is -0.131. The van der Waals surface area contributed by atoms with Crippen LogP contribution in [0.4, 0.5) is 4.39 Å². The van der Waals surface area contributed by atoms with Gasteiger partial charge in [0.1, 0.15) is 5.82 Å². The highest BCUT2D eigenvalue weighted by Crippen LogP contribution is 2.40. The summed E-state index contributed by atoms with van der Waals surface area (Å²) < 4.78 is 12.8. The average Bonchev–Trinajstić information content (AvgIpc) is 2.02. The van der Waals surface area contributed by atoms with Gasteiger partial charge in [-0.25, -0.2) is 4.39 Å². The first-order valence-electron chi connectivity index (χ1n) is 4.75. The number of hydrogen-bond acceptors (Lipinski definition) is 1. The van der Waals surface area contributed by atoms with Crippen molar-refractivity contribution in [3.05, 3.63) is 35.6 Å². The van der Waals surface area contributed by atoms with Gasteiger partial charge in [0, 0.05) is 0 Å². The summed E-state index contributed by atoms with van der Waals surface area (Å²) in [5.74, 6) is 1.08. The fourth-order valence-electron chi connectivity index (χ4n) is 1.96. The molecule has 0 atom stereocenters. The van der Waals surface area contributed by atoms with E-state index in [1.807, 2.05) is 6.07 Å². The molecule has 14 heavy (non-hydrogen) atoms. The van der Waals surface area contributed by atoms with Crippen LogP contribution in [-0.2, 0) is 0 Å². The molecule has 0 bridgehead atoms. The molecule has 0 amide bonds. The van der Waals surface area contributed by atoms with Crippen LogP contribution in [0, 0.1) is 11.7 Å². The van der Waals surface area contributed by atoms with E-state index in [4.69, 9.17) is 5.73 Å². The van der Waals surface area contributed by atoms with E-state index < -0.39 is 0 Å². The Kier molecular flexibility index (Phi) is 3.90. The molecule has 78 valence electrons. The van der Waals surface area contributed by atoms with Gasteiger partial charge < -0.3 is 5.73 Å². The van der Waals surface area contributed by atoms with Crippen molar-refractivity contribution < 1.29 is 4.39 Å². The summed E-state index contributed by atoms with van der Waals surface area (Å²) in [6, 6.07) is 6.90. The number of benzene rings is 1. The molecule has 1 fully saturated rings. The summed E-state index contributed by atoms with van der Waals surface area (Å²) in [4.78, 5) is 0. The summed E-state index contributed by atoms with van der Waals surface area (Å²) in [5.41, 5.74) is 6.66. The van der Waals surface area contributed by atoms with Gasteiger partial charge in [0.15, 0.2) is 0 Å². The molecule has 1 saturated carbocycles. The van der Waals surface area contributed by atoms with Crippen LogP contribution in [0.5, 0.6) is 0 Å². The summed E-state index contributed by atoms with van der Waals surface area (Å²) in [7, 11) is 0. The van der Waals surface area contributed by atoms with E-state index in [1.165, 1.54) is 6.07 Å². The van der Waals surface area contributed by atoms with Crippen LogP contribution >= 0.6 is 12.4 Å². The Labute approximate surface area is 89.9 Å². The second-order valence-electron chi connectivity index (χ2n) is 3.83. The van der Waals surface area contributed by atoms with Gasteiger partial charge in [-0.1, -0.05) is 12.1 Å². The highest BCUT2D eigenvalue weighted by atomic mass is 35.5. The van der Waals surface area contributed by atoms with Crippen LogP contribution in [-0.4, -0.2) is 6.54 Å². The Hall–Kier alpha value is -0.600. The van der Waals surface area contributed by atoms with E-state index >= 15 is 0 Å². The third kappa shape index (κ3) is 2.25. The largest absolute Gasteiger partial charge is 0.330 e. The van der Waals surface area contributed by atoms with Gasteiger partial charge in [-0.15, -0.1) is 12.4 Å². The highest BCUT2D eigenvalue weighted by Gasteiger charge is 2.28. The van der Waals surface area contributed by atoms with Crippen LogP contribution in [0.25, 0.3) is 0 Å². The lowest BCUT2D eigenvalue weighted by Crippen LogP contribution is -2.28. The van der Waals surface area contributed by atoms with Crippen LogP contribution in [0.3, 0.4) is 0 Å². The van der Waals surface area contributed by atoms with Crippen molar-refractivity contribution in [2.24, 2.45) is 11.7 Å². The van der Waals surface area contributed by atoms with Gasteiger partial charge in [-0.3, -0.25) is 0 Å². The van der Waals surface area contributed by atoms with Gasteiger partial charge in [0.25, 0.3) is 0 Å². The van der Waals surface area contributed by atoms with Gasteiger partial charge in [0.05, 0.1) is 0 Å². The molecule has 1 aliphatic carbocycles. The molecule has 1 aromatic carbocycles. The van der Waals surface area contributed by atoms with Gasteiger partial charge in [-0.2, -0.15) is 0 Å². The molecule has 0 spiro atoms. The fourth-order valence-corrected chi connectivity index (χ4v) is 1.96. The topological polar surface area (TPSA) is 26.0 Å². The summed E-state index contributed by atoms with van der Waals surface area (Å²) in [5, 5.41) is 0. The molecule has 0 radical (unpaired) electrons. The monoisotopic (exact) mass is 215 g/mol. The molecule has 0 heterocycles. The molecule has 1 aliphatic rings. The van der Waals surface area contributed by atoms with E-state index in [1.54, 1.807) is 12.1 Å². The Morgan fingerprint density at radius 3 is 2.64 bits per heavy atom. The van der Waals surface area contributed by atoms with E-state index in [0.717, 1.165) is 24.9 Å². The Morgan fingerprint density at radius 1 is 1.36 bits per heavy atom. The molecular weight excluding hydrogens is 201 g/mol. The number of halogens is 2. The van der Waals surface area contributed by atoms with E-state index in [9.17, 15) is 4.39 Å². The Bertz CT molecular complexity index is 297. The maximum absolute atomic E-state index is 12.8. The third-order valence-corrected chi connectivity index (χ3v) is 2.89. The van der Waals surface area contributed by atoms with Gasteiger partial charge in [0.2, 0.25) is 0 Å². The number of hydrogen-bond donors (Lipinski definition) is 1. The quantitative estimate of drug-likeness (QED) is 0.807. The van der Waals surface area contributed by atoms with Crippen molar-refractivity contribution in [2.75, 3.05) is 6.54 Å². The fraction of sp³-hybridized carbons (Fsp3) is 0.455. The minimum Gasteiger partial charge on any atom is -0.330 e. The molecule has 0 saturated heterocycles. The maximum Gasteiger partial charge on any atom is 0.123 e. The third-order valence-electron chi connectivity index (χ3n) is 2.89. The molecule has 1 nitrogen and oxygen atoms in total. The second-order valence-corrected chi connectivity index (χ2v) is 3.83. The first-order chi connectivity index (χ1) is 6.29. The molecule has 2 rings (SSSR count). The van der Waals surface area contributed by atoms with E-state index in [0.29, 0.717) is 11.8 Å². The predicted molar refractivity (Wildman–Crippen MR) is 58.2 cm³/mol. The standard InChI is InChI=1S/C11H14FN.ClH/c12-11-3-1-2-9(6-11)10-4-8(5-10)7-13;/h1-3,6,8,10H,4-5,7,13H2;1H. The van der Waals surface area contributed by atoms with Gasteiger partial charge >= 0.3 is 0 Å². The molecule has 0 aromatic heterocycles. The van der Waals surface area contributed by atoms with Crippen LogP contribution < -0.4 is 5.73 Å². The lowest BCUT2D eigenvalue weighted by atomic mass is 9.71. The van der Waals surface area contributed by atoms with Crippen LogP contribution in [0.15, 0.2) is 24.3 Å². The molecule has 0 unspecified atom stereocenters. The maximum atomic E-state index is 12.8. The van der Waals surface area contributed by atoms with E-state index in [2.05, 4.69) is 0 Å². The lowest BCUT2D eigenvalue weighted by molar-refractivity contribution is 0.271. The molecule has 2 N–H and O–H groups in total. The van der Waals surface area contributed by atoms with Crippen molar-refractivity contribution in [3.8, 4) is 0 Å². The SMILES string of the molecule is Cl.NCC1CC(c2cccc(F)c2)C1. The molecule has 3 heteroatoms. The van der Waals surface area contributed by atoms with E-state index in [-0.39, 0.29) is 18.2 Å². The normalized spacial score (nSPS) is 25.0. The first-order valence-corrected chi connectivity index (χ1v) is 4.75. The lowest BCUT2D eigenvalue weighted by Gasteiger charge is -2.34. The van der Waals surface area contributed by atoms with Crippen molar-refractivity contribution in [1.29, 1.82) is 0 Å². The van der Waals surface area contributed by atoms with Crippen LogP contribution in [0.2, 0.25) is 0 Å².